The predicted molar refractivity (Wildman–Crippen MR) is 210 cm³/mol. The number of aromatic nitrogens is 1. The normalized spacial score (nSPS) is 11.5. The molecule has 0 amide bonds. The van der Waals surface area contributed by atoms with E-state index in [1.54, 1.807) is 0 Å². The summed E-state index contributed by atoms with van der Waals surface area (Å²) in [5.41, 5.74) is 11.2. The second-order valence-electron chi connectivity index (χ2n) is 12.8. The zero-order chi connectivity index (χ0) is 33.7. The molecule has 2 aromatic heterocycles. The highest BCUT2D eigenvalue weighted by Crippen LogP contribution is 2.49. The number of para-hydroxylation sites is 1. The average Bonchev–Trinajstić information content (AvgIpc) is 3.80. The lowest BCUT2D eigenvalue weighted by atomic mass is 9.96. The Hall–Kier alpha value is -6.91. The molecule has 0 atom stereocenters. The van der Waals surface area contributed by atoms with Gasteiger partial charge in [0.15, 0.2) is 11.2 Å². The van der Waals surface area contributed by atoms with Gasteiger partial charge in [-0.05, 0) is 81.6 Å². The summed E-state index contributed by atoms with van der Waals surface area (Å²) >= 11 is 0. The van der Waals surface area contributed by atoms with Crippen LogP contribution in [0.4, 0.5) is 17.1 Å². The molecular formula is C47H30N2O2. The highest BCUT2D eigenvalue weighted by molar-refractivity contribution is 6.18. The summed E-state index contributed by atoms with van der Waals surface area (Å²) in [4.78, 5) is 7.36. The Bertz CT molecular complexity index is 2840. The van der Waals surface area contributed by atoms with Gasteiger partial charge in [-0.3, -0.25) is 0 Å². The minimum absolute atomic E-state index is 0.562. The van der Waals surface area contributed by atoms with E-state index in [1.807, 2.05) is 48.5 Å². The fourth-order valence-corrected chi connectivity index (χ4v) is 7.25. The number of hydrogen-bond acceptors (Lipinski definition) is 4. The molecule has 0 spiro atoms. The molecule has 0 fully saturated rings. The predicted octanol–water partition coefficient (Wildman–Crippen LogP) is 13.4. The van der Waals surface area contributed by atoms with Crippen LogP contribution in [0.2, 0.25) is 0 Å². The first-order chi connectivity index (χ1) is 25.3. The maximum Gasteiger partial charge on any atom is 0.227 e. The van der Waals surface area contributed by atoms with Gasteiger partial charge in [0.2, 0.25) is 5.89 Å². The summed E-state index contributed by atoms with van der Waals surface area (Å²) in [5, 5.41) is 4.33. The molecule has 0 aliphatic carbocycles. The average molecular weight is 655 g/mol. The van der Waals surface area contributed by atoms with Crippen LogP contribution in [0.1, 0.15) is 0 Å². The van der Waals surface area contributed by atoms with E-state index in [0.717, 1.165) is 77.7 Å². The molecule has 0 saturated carbocycles. The fraction of sp³-hybridized carbons (Fsp3) is 0. The van der Waals surface area contributed by atoms with E-state index >= 15 is 0 Å². The van der Waals surface area contributed by atoms with Crippen LogP contribution in [0.3, 0.4) is 0 Å². The second-order valence-corrected chi connectivity index (χ2v) is 12.8. The lowest BCUT2D eigenvalue weighted by Crippen LogP contribution is -2.11. The van der Waals surface area contributed by atoms with E-state index < -0.39 is 0 Å². The summed E-state index contributed by atoms with van der Waals surface area (Å²) in [6, 6.07) is 63.3. The summed E-state index contributed by atoms with van der Waals surface area (Å²) in [6.45, 7) is 0. The largest absolute Gasteiger partial charge is 0.454 e. The summed E-state index contributed by atoms with van der Waals surface area (Å²) in [7, 11) is 0. The van der Waals surface area contributed by atoms with E-state index in [0.29, 0.717) is 11.5 Å². The maximum atomic E-state index is 6.80. The molecule has 0 radical (unpaired) electrons. The first kappa shape index (κ1) is 29.0. The van der Waals surface area contributed by atoms with Crippen molar-refractivity contribution in [2.45, 2.75) is 0 Å². The Kier molecular flexibility index (Phi) is 6.78. The first-order valence-electron chi connectivity index (χ1n) is 17.1. The van der Waals surface area contributed by atoms with Gasteiger partial charge in [-0.1, -0.05) is 133 Å². The highest BCUT2D eigenvalue weighted by atomic mass is 16.4. The lowest BCUT2D eigenvalue weighted by molar-refractivity contribution is 0.618. The van der Waals surface area contributed by atoms with Crippen LogP contribution in [-0.2, 0) is 0 Å². The Labute approximate surface area is 294 Å². The SMILES string of the molecule is c1ccc(-c2ccc(N(c3cc(-c4ccccc4)c4ccccc4c3)c3c4oc(-c5ccccc5)nc4cc4c3oc3ccccc34)cc2)cc1. The van der Waals surface area contributed by atoms with Gasteiger partial charge < -0.3 is 13.7 Å². The van der Waals surface area contributed by atoms with Gasteiger partial charge in [-0.25, -0.2) is 4.98 Å². The van der Waals surface area contributed by atoms with Crippen molar-refractivity contribution in [1.82, 2.24) is 4.98 Å². The quantitative estimate of drug-likeness (QED) is 0.179. The van der Waals surface area contributed by atoms with Crippen LogP contribution >= 0.6 is 0 Å². The number of furan rings is 1. The highest BCUT2D eigenvalue weighted by Gasteiger charge is 2.27. The van der Waals surface area contributed by atoms with E-state index in [-0.39, 0.29) is 0 Å². The Morgan fingerprint density at radius 1 is 0.412 bits per heavy atom. The van der Waals surface area contributed by atoms with E-state index in [4.69, 9.17) is 13.8 Å². The van der Waals surface area contributed by atoms with Gasteiger partial charge in [0.05, 0.1) is 0 Å². The van der Waals surface area contributed by atoms with Gasteiger partial charge >= 0.3 is 0 Å². The zero-order valence-corrected chi connectivity index (χ0v) is 27.5. The molecule has 0 aliphatic rings. The van der Waals surface area contributed by atoms with Crippen molar-refractivity contribution in [1.29, 1.82) is 0 Å². The molecule has 0 saturated heterocycles. The van der Waals surface area contributed by atoms with Crippen molar-refractivity contribution in [2.75, 3.05) is 4.90 Å². The van der Waals surface area contributed by atoms with Crippen molar-refractivity contribution < 1.29 is 8.83 Å². The molecule has 51 heavy (non-hydrogen) atoms. The maximum absolute atomic E-state index is 6.80. The molecule has 10 rings (SSSR count). The van der Waals surface area contributed by atoms with Crippen LogP contribution in [0.5, 0.6) is 0 Å². The first-order valence-corrected chi connectivity index (χ1v) is 17.1. The molecule has 10 aromatic rings. The Balaban J connectivity index is 1.31. The molecular weight excluding hydrogens is 625 g/mol. The van der Waals surface area contributed by atoms with Crippen molar-refractivity contribution in [3.05, 3.63) is 182 Å². The molecule has 0 bridgehead atoms. The number of benzene rings is 8. The molecule has 2 heterocycles. The Morgan fingerprint density at radius 3 is 1.76 bits per heavy atom. The minimum atomic E-state index is 0.562. The lowest BCUT2D eigenvalue weighted by Gasteiger charge is -2.27. The molecule has 8 aromatic carbocycles. The molecule has 4 nitrogen and oxygen atoms in total. The van der Waals surface area contributed by atoms with Gasteiger partial charge in [0, 0.05) is 27.7 Å². The van der Waals surface area contributed by atoms with Gasteiger partial charge in [0.25, 0.3) is 0 Å². The van der Waals surface area contributed by atoms with Crippen molar-refractivity contribution >= 4 is 60.9 Å². The number of rotatable bonds is 6. The van der Waals surface area contributed by atoms with Gasteiger partial charge in [0.1, 0.15) is 16.8 Å². The third-order valence-electron chi connectivity index (χ3n) is 9.66. The van der Waals surface area contributed by atoms with Crippen LogP contribution in [-0.4, -0.2) is 4.98 Å². The van der Waals surface area contributed by atoms with Crippen LogP contribution in [0, 0.1) is 0 Å². The number of hydrogen-bond donors (Lipinski definition) is 0. The molecule has 4 heteroatoms. The van der Waals surface area contributed by atoms with E-state index in [2.05, 4.69) is 138 Å². The standard InChI is InChI=1S/C47H30N2O2/c1-4-14-31(15-5-1)32-24-26-36(27-25-32)49(37-28-35-20-10-11-21-38(35)40(29-37)33-16-6-2-7-17-33)44-45-41(39-22-12-13-23-43(39)50-45)30-42-46(44)51-47(48-42)34-18-8-3-9-19-34/h1-30H. The molecule has 240 valence electrons. The summed E-state index contributed by atoms with van der Waals surface area (Å²) in [6.07, 6.45) is 0. The minimum Gasteiger partial charge on any atom is -0.454 e. The van der Waals surface area contributed by atoms with Crippen LogP contribution < -0.4 is 4.90 Å². The Morgan fingerprint density at radius 2 is 1.02 bits per heavy atom. The van der Waals surface area contributed by atoms with Crippen LogP contribution in [0.15, 0.2) is 191 Å². The fourth-order valence-electron chi connectivity index (χ4n) is 7.25. The number of oxazole rings is 1. The van der Waals surface area contributed by atoms with E-state index in [1.165, 1.54) is 5.39 Å². The monoisotopic (exact) mass is 654 g/mol. The summed E-state index contributed by atoms with van der Waals surface area (Å²) < 4.78 is 13.6. The molecule has 0 unspecified atom stereocenters. The van der Waals surface area contributed by atoms with Crippen molar-refractivity contribution in [2.24, 2.45) is 0 Å². The second kappa shape index (κ2) is 11.9. The smallest absolute Gasteiger partial charge is 0.227 e. The molecule has 0 N–H and O–H groups in total. The number of anilines is 3. The number of nitrogens with zero attached hydrogens (tertiary/aromatic N) is 2. The van der Waals surface area contributed by atoms with Gasteiger partial charge in [-0.15, -0.1) is 0 Å². The van der Waals surface area contributed by atoms with Gasteiger partial charge in [-0.2, -0.15) is 0 Å². The topological polar surface area (TPSA) is 42.4 Å². The van der Waals surface area contributed by atoms with Crippen molar-refractivity contribution in [3.63, 3.8) is 0 Å². The van der Waals surface area contributed by atoms with Crippen molar-refractivity contribution in [3.8, 4) is 33.7 Å². The van der Waals surface area contributed by atoms with E-state index in [9.17, 15) is 0 Å². The number of fused-ring (bicyclic) bond motifs is 5. The molecule has 0 aliphatic heterocycles. The summed E-state index contributed by atoms with van der Waals surface area (Å²) in [5.74, 6) is 0.562. The zero-order valence-electron chi connectivity index (χ0n) is 27.5. The third kappa shape index (κ3) is 4.96. The third-order valence-corrected chi connectivity index (χ3v) is 9.66. The van der Waals surface area contributed by atoms with Crippen LogP contribution in [0.25, 0.3) is 77.5 Å².